The van der Waals surface area contributed by atoms with Crippen LogP contribution in [0.4, 0.5) is 0 Å². The SMILES string of the molecule is CC(NC(=O)c1ccc2[nH]ncc2c1)C1(O)CCNCC1. The number of H-pyrrole nitrogens is 1. The largest absolute Gasteiger partial charge is 0.388 e. The molecular formula is C15H20N4O2. The van der Waals surface area contributed by atoms with Gasteiger partial charge in [0.1, 0.15) is 0 Å². The highest BCUT2D eigenvalue weighted by Crippen LogP contribution is 2.22. The maximum atomic E-state index is 12.3. The van der Waals surface area contributed by atoms with Crippen molar-refractivity contribution < 1.29 is 9.90 Å². The predicted molar refractivity (Wildman–Crippen MR) is 80.1 cm³/mol. The number of aromatic nitrogens is 2. The summed E-state index contributed by atoms with van der Waals surface area (Å²) in [6, 6.07) is 5.11. The smallest absolute Gasteiger partial charge is 0.251 e. The summed E-state index contributed by atoms with van der Waals surface area (Å²) in [5.41, 5.74) is 0.644. The summed E-state index contributed by atoms with van der Waals surface area (Å²) < 4.78 is 0. The van der Waals surface area contributed by atoms with Crippen molar-refractivity contribution in [1.29, 1.82) is 0 Å². The van der Waals surface area contributed by atoms with Gasteiger partial charge < -0.3 is 15.7 Å². The molecule has 1 aliphatic heterocycles. The van der Waals surface area contributed by atoms with Gasteiger partial charge in [0.15, 0.2) is 0 Å². The van der Waals surface area contributed by atoms with Gasteiger partial charge in [-0.15, -0.1) is 0 Å². The molecule has 1 unspecified atom stereocenters. The average Bonchev–Trinajstić information content (AvgIpc) is 2.95. The number of benzene rings is 1. The molecule has 112 valence electrons. The van der Waals surface area contributed by atoms with Crippen molar-refractivity contribution in [3.05, 3.63) is 30.0 Å². The quantitative estimate of drug-likeness (QED) is 0.672. The Morgan fingerprint density at radius 2 is 2.19 bits per heavy atom. The minimum absolute atomic E-state index is 0.169. The fourth-order valence-electron chi connectivity index (χ4n) is 2.79. The van der Waals surface area contributed by atoms with Crippen molar-refractivity contribution >= 4 is 16.8 Å². The number of amides is 1. The molecule has 6 nitrogen and oxygen atoms in total. The first kappa shape index (κ1) is 14.0. The van der Waals surface area contributed by atoms with E-state index in [1.165, 1.54) is 0 Å². The molecule has 0 saturated carbocycles. The number of hydrogen-bond acceptors (Lipinski definition) is 4. The first-order valence-corrected chi connectivity index (χ1v) is 7.26. The van der Waals surface area contributed by atoms with Crippen molar-refractivity contribution in [2.75, 3.05) is 13.1 Å². The lowest BCUT2D eigenvalue weighted by molar-refractivity contribution is -0.0179. The van der Waals surface area contributed by atoms with E-state index in [1.54, 1.807) is 18.3 Å². The molecule has 2 heterocycles. The van der Waals surface area contributed by atoms with Gasteiger partial charge in [-0.05, 0) is 51.1 Å². The number of nitrogens with zero attached hydrogens (tertiary/aromatic N) is 1. The fraction of sp³-hybridized carbons (Fsp3) is 0.467. The Bertz CT molecular complexity index is 646. The molecule has 3 rings (SSSR count). The number of carbonyl (C=O) groups excluding carboxylic acids is 1. The van der Waals surface area contributed by atoms with Crippen LogP contribution in [0, 0.1) is 0 Å². The van der Waals surface area contributed by atoms with Crippen LogP contribution >= 0.6 is 0 Å². The lowest BCUT2D eigenvalue weighted by Crippen LogP contribution is -2.55. The molecule has 1 atom stereocenters. The van der Waals surface area contributed by atoms with Crippen LogP contribution in [0.3, 0.4) is 0 Å². The number of hydrogen-bond donors (Lipinski definition) is 4. The van der Waals surface area contributed by atoms with Gasteiger partial charge >= 0.3 is 0 Å². The molecule has 0 aliphatic carbocycles. The van der Waals surface area contributed by atoms with Crippen LogP contribution < -0.4 is 10.6 Å². The van der Waals surface area contributed by atoms with Crippen LogP contribution in [0.1, 0.15) is 30.1 Å². The van der Waals surface area contributed by atoms with E-state index in [4.69, 9.17) is 0 Å². The second-order valence-corrected chi connectivity index (χ2v) is 5.72. The number of aliphatic hydroxyl groups is 1. The molecule has 0 bridgehead atoms. The Morgan fingerprint density at radius 3 is 2.95 bits per heavy atom. The number of aromatic amines is 1. The summed E-state index contributed by atoms with van der Waals surface area (Å²) in [6.45, 7) is 3.41. The summed E-state index contributed by atoms with van der Waals surface area (Å²) in [7, 11) is 0. The Hall–Kier alpha value is -1.92. The first-order valence-electron chi connectivity index (χ1n) is 7.26. The molecule has 1 aromatic heterocycles. The van der Waals surface area contributed by atoms with Gasteiger partial charge in [-0.25, -0.2) is 0 Å². The third-order valence-electron chi connectivity index (χ3n) is 4.33. The van der Waals surface area contributed by atoms with Gasteiger partial charge in [0, 0.05) is 10.9 Å². The van der Waals surface area contributed by atoms with Crippen molar-refractivity contribution in [3.8, 4) is 0 Å². The van der Waals surface area contributed by atoms with E-state index in [0.29, 0.717) is 18.4 Å². The Morgan fingerprint density at radius 1 is 1.43 bits per heavy atom. The molecule has 1 aromatic carbocycles. The minimum atomic E-state index is -0.833. The van der Waals surface area contributed by atoms with Gasteiger partial charge in [-0.3, -0.25) is 9.89 Å². The monoisotopic (exact) mass is 288 g/mol. The fourth-order valence-corrected chi connectivity index (χ4v) is 2.79. The van der Waals surface area contributed by atoms with Gasteiger partial charge in [0.25, 0.3) is 5.91 Å². The van der Waals surface area contributed by atoms with E-state index < -0.39 is 5.60 Å². The van der Waals surface area contributed by atoms with Crippen LogP contribution in [0.15, 0.2) is 24.4 Å². The maximum Gasteiger partial charge on any atom is 0.251 e. The molecular weight excluding hydrogens is 268 g/mol. The molecule has 1 amide bonds. The van der Waals surface area contributed by atoms with E-state index in [9.17, 15) is 9.90 Å². The molecule has 1 fully saturated rings. The summed E-state index contributed by atoms with van der Waals surface area (Å²) in [6.07, 6.45) is 2.99. The molecule has 1 aliphatic rings. The topological polar surface area (TPSA) is 90.0 Å². The highest BCUT2D eigenvalue weighted by molar-refractivity contribution is 5.98. The van der Waals surface area contributed by atoms with E-state index in [2.05, 4.69) is 20.8 Å². The van der Waals surface area contributed by atoms with Gasteiger partial charge in [-0.1, -0.05) is 0 Å². The van der Waals surface area contributed by atoms with Crippen LogP contribution in [0.5, 0.6) is 0 Å². The van der Waals surface area contributed by atoms with Crippen molar-refractivity contribution in [1.82, 2.24) is 20.8 Å². The second kappa shape index (κ2) is 5.46. The number of piperidine rings is 1. The van der Waals surface area contributed by atoms with E-state index >= 15 is 0 Å². The summed E-state index contributed by atoms with van der Waals surface area (Å²) in [4.78, 5) is 12.3. The lowest BCUT2D eigenvalue weighted by atomic mass is 9.85. The van der Waals surface area contributed by atoms with Crippen molar-refractivity contribution in [3.63, 3.8) is 0 Å². The third-order valence-corrected chi connectivity index (χ3v) is 4.33. The normalized spacial score (nSPS) is 19.3. The number of rotatable bonds is 3. The zero-order valence-electron chi connectivity index (χ0n) is 12.0. The van der Waals surface area contributed by atoms with E-state index in [0.717, 1.165) is 24.0 Å². The molecule has 21 heavy (non-hydrogen) atoms. The Labute approximate surface area is 122 Å². The molecule has 0 spiro atoms. The van der Waals surface area contributed by atoms with Crippen LogP contribution in [-0.4, -0.2) is 45.9 Å². The minimum Gasteiger partial charge on any atom is -0.388 e. The maximum absolute atomic E-state index is 12.3. The summed E-state index contributed by atoms with van der Waals surface area (Å²) >= 11 is 0. The number of carbonyl (C=O) groups is 1. The van der Waals surface area contributed by atoms with E-state index in [1.807, 2.05) is 13.0 Å². The first-order chi connectivity index (χ1) is 10.1. The molecule has 1 saturated heterocycles. The van der Waals surface area contributed by atoms with Crippen LogP contribution in [0.25, 0.3) is 10.9 Å². The highest BCUT2D eigenvalue weighted by Gasteiger charge is 2.36. The molecule has 4 N–H and O–H groups in total. The zero-order chi connectivity index (χ0) is 14.9. The van der Waals surface area contributed by atoms with Crippen molar-refractivity contribution in [2.24, 2.45) is 0 Å². The van der Waals surface area contributed by atoms with Crippen LogP contribution in [0.2, 0.25) is 0 Å². The third kappa shape index (κ3) is 2.77. The molecule has 0 radical (unpaired) electrons. The summed E-state index contributed by atoms with van der Waals surface area (Å²) in [5.74, 6) is -0.169. The van der Waals surface area contributed by atoms with E-state index in [-0.39, 0.29) is 11.9 Å². The highest BCUT2D eigenvalue weighted by atomic mass is 16.3. The van der Waals surface area contributed by atoms with Gasteiger partial charge in [-0.2, -0.15) is 5.10 Å². The Balaban J connectivity index is 1.72. The predicted octanol–water partition coefficient (Wildman–Crippen LogP) is 0.796. The number of fused-ring (bicyclic) bond motifs is 1. The lowest BCUT2D eigenvalue weighted by Gasteiger charge is -2.38. The second-order valence-electron chi connectivity index (χ2n) is 5.72. The molecule has 6 heteroatoms. The van der Waals surface area contributed by atoms with Crippen LogP contribution in [-0.2, 0) is 0 Å². The van der Waals surface area contributed by atoms with Crippen molar-refractivity contribution in [2.45, 2.75) is 31.4 Å². The molecule has 2 aromatic rings. The average molecular weight is 288 g/mol. The standard InChI is InChI=1S/C15H20N4O2/c1-10(15(21)4-6-16-7-5-15)18-14(20)11-2-3-13-12(8-11)9-17-19-13/h2-3,8-10,16,21H,4-7H2,1H3,(H,17,19)(H,18,20). The Kier molecular flexibility index (Phi) is 3.65. The van der Waals surface area contributed by atoms with Gasteiger partial charge in [0.2, 0.25) is 0 Å². The summed E-state index contributed by atoms with van der Waals surface area (Å²) in [5, 5.41) is 24.4. The van der Waals surface area contributed by atoms with Gasteiger partial charge in [0.05, 0.1) is 23.4 Å². The number of nitrogens with one attached hydrogen (secondary N) is 3. The zero-order valence-corrected chi connectivity index (χ0v) is 12.0.